The zero-order chi connectivity index (χ0) is 26.9. The lowest BCUT2D eigenvalue weighted by molar-refractivity contribution is -0.137. The van der Waals surface area contributed by atoms with E-state index >= 15 is 0 Å². The lowest BCUT2D eigenvalue weighted by atomic mass is 10.1. The van der Waals surface area contributed by atoms with E-state index in [2.05, 4.69) is 20.6 Å². The third kappa shape index (κ3) is 7.10. The van der Waals surface area contributed by atoms with Crippen LogP contribution in [0.5, 0.6) is 5.75 Å². The number of anilines is 2. The van der Waals surface area contributed by atoms with Crippen LogP contribution in [0.3, 0.4) is 0 Å². The normalized spacial score (nSPS) is 17.8. The largest absolute Gasteiger partial charge is 0.489 e. The van der Waals surface area contributed by atoms with Gasteiger partial charge in [0.15, 0.2) is 11.5 Å². The summed E-state index contributed by atoms with van der Waals surface area (Å²) in [6.45, 7) is 1.79. The van der Waals surface area contributed by atoms with Crippen LogP contribution < -0.4 is 21.1 Å². The van der Waals surface area contributed by atoms with Crippen molar-refractivity contribution in [2.24, 2.45) is 0 Å². The van der Waals surface area contributed by atoms with E-state index in [0.717, 1.165) is 0 Å². The fraction of sp³-hybridized carbons (Fsp3) is 0.280. The molecule has 2 aromatic carbocycles. The summed E-state index contributed by atoms with van der Waals surface area (Å²) in [7, 11) is -1.70. The Morgan fingerprint density at radius 2 is 1.89 bits per heavy atom. The molecule has 13 heteroatoms. The van der Waals surface area contributed by atoms with Crippen LogP contribution in [0, 0.1) is 0 Å². The number of nitrogens with one attached hydrogen (secondary N) is 2. The Bertz CT molecular complexity index is 1310. The molecule has 0 spiro atoms. The SMILES string of the molecule is Nc1ncc2nc1C(=O)Nc1ccccc1OCCOCCNCCN(CC(=O)O)S(=O)c1ccc-2cc1. The number of para-hydroxylation sites is 2. The Hall–Kier alpha value is -3.91. The summed E-state index contributed by atoms with van der Waals surface area (Å²) in [6, 6.07) is 13.6. The number of carboxylic acid groups (broad SMARTS) is 1. The molecule has 5 rings (SSSR count). The third-order valence-corrected chi connectivity index (χ3v) is 6.95. The van der Waals surface area contributed by atoms with E-state index in [4.69, 9.17) is 15.2 Å². The van der Waals surface area contributed by atoms with Gasteiger partial charge in [0, 0.05) is 25.2 Å². The Morgan fingerprint density at radius 3 is 2.68 bits per heavy atom. The molecule has 1 unspecified atom stereocenters. The number of ether oxygens (including phenoxy) is 2. The van der Waals surface area contributed by atoms with Crippen LogP contribution in [-0.2, 0) is 20.5 Å². The maximum absolute atomic E-state index is 13.1. The monoisotopic (exact) mass is 540 g/mol. The maximum atomic E-state index is 13.1. The van der Waals surface area contributed by atoms with E-state index in [-0.39, 0.29) is 31.2 Å². The first-order valence-electron chi connectivity index (χ1n) is 11.9. The molecule has 2 aliphatic rings. The molecule has 3 aromatic rings. The Labute approximate surface area is 221 Å². The van der Waals surface area contributed by atoms with Gasteiger partial charge in [-0.05, 0) is 24.3 Å². The lowest BCUT2D eigenvalue weighted by Gasteiger charge is -2.19. The number of carboxylic acids is 1. The molecule has 1 amide bonds. The topological polar surface area (TPSA) is 169 Å². The number of fused-ring (bicyclic) bond motifs is 13. The molecule has 5 N–H and O–H groups in total. The van der Waals surface area contributed by atoms with Gasteiger partial charge in [0.1, 0.15) is 29.9 Å². The summed E-state index contributed by atoms with van der Waals surface area (Å²) in [5.41, 5.74) is 7.36. The van der Waals surface area contributed by atoms with Gasteiger partial charge < -0.3 is 30.9 Å². The lowest BCUT2D eigenvalue weighted by Crippen LogP contribution is -2.37. The van der Waals surface area contributed by atoms with Crippen LogP contribution in [0.2, 0.25) is 0 Å². The van der Waals surface area contributed by atoms with Gasteiger partial charge in [-0.15, -0.1) is 0 Å². The van der Waals surface area contributed by atoms with Crippen LogP contribution in [0.15, 0.2) is 59.6 Å². The number of nitrogens with zero attached hydrogens (tertiary/aromatic N) is 3. The molecule has 4 bridgehead atoms. The highest BCUT2D eigenvalue weighted by Crippen LogP contribution is 2.26. The van der Waals surface area contributed by atoms with Gasteiger partial charge in [0.25, 0.3) is 5.91 Å². The summed E-state index contributed by atoms with van der Waals surface area (Å²) in [5.74, 6) is -1.21. The minimum Gasteiger partial charge on any atom is -0.489 e. The first kappa shape index (κ1) is 27.1. The molecule has 200 valence electrons. The number of hydrogen-bond acceptors (Lipinski definition) is 9. The van der Waals surface area contributed by atoms with Crippen LogP contribution in [0.25, 0.3) is 11.3 Å². The number of nitrogens with two attached hydrogens (primary N) is 1. The van der Waals surface area contributed by atoms with Crippen LogP contribution in [-0.4, -0.2) is 81.5 Å². The standard InChI is InChI=1S/C25H28N6O6S/c26-24-23-25(34)30-19-3-1-2-4-21(19)37-14-13-36-12-10-27-9-11-31(16-22(32)33)38(35)18-7-5-17(6-8-18)20(29-23)15-28-24/h1-8,15,27H,9-14,16H2,(H2,26,28)(H,30,34)(H,32,33). The number of aromatic nitrogens is 2. The highest BCUT2D eigenvalue weighted by atomic mass is 32.2. The average molecular weight is 541 g/mol. The molecule has 0 fully saturated rings. The summed E-state index contributed by atoms with van der Waals surface area (Å²) in [6.07, 6.45) is 1.44. The number of rotatable bonds is 2. The van der Waals surface area contributed by atoms with Gasteiger partial charge in [-0.2, -0.15) is 0 Å². The van der Waals surface area contributed by atoms with Crippen LogP contribution in [0.4, 0.5) is 11.5 Å². The van der Waals surface area contributed by atoms with Gasteiger partial charge >= 0.3 is 5.97 Å². The van der Waals surface area contributed by atoms with Crippen molar-refractivity contribution < 1.29 is 28.4 Å². The molecule has 0 saturated heterocycles. The summed E-state index contributed by atoms with van der Waals surface area (Å²) in [5, 5.41) is 15.2. The fourth-order valence-electron chi connectivity index (χ4n) is 3.63. The van der Waals surface area contributed by atoms with Crippen LogP contribution >= 0.6 is 0 Å². The summed E-state index contributed by atoms with van der Waals surface area (Å²) >= 11 is 0. The highest BCUT2D eigenvalue weighted by Gasteiger charge is 2.20. The first-order chi connectivity index (χ1) is 18.4. The quantitative estimate of drug-likeness (QED) is 0.348. The van der Waals surface area contributed by atoms with E-state index in [1.807, 2.05) is 0 Å². The predicted molar refractivity (Wildman–Crippen MR) is 141 cm³/mol. The van der Waals surface area contributed by atoms with Crippen molar-refractivity contribution >= 4 is 34.4 Å². The number of benzene rings is 2. The zero-order valence-corrected chi connectivity index (χ0v) is 21.3. The maximum Gasteiger partial charge on any atom is 0.318 e. The molecule has 12 nitrogen and oxygen atoms in total. The van der Waals surface area contributed by atoms with Gasteiger partial charge in [0.05, 0.1) is 35.7 Å². The Balaban J connectivity index is 1.63. The van der Waals surface area contributed by atoms with Crippen molar-refractivity contribution in [2.45, 2.75) is 4.90 Å². The number of hydrogen-bond donors (Lipinski definition) is 4. The summed E-state index contributed by atoms with van der Waals surface area (Å²) in [4.78, 5) is 33.4. The molecular weight excluding hydrogens is 512 g/mol. The van der Waals surface area contributed by atoms with E-state index in [1.165, 1.54) is 10.5 Å². The zero-order valence-electron chi connectivity index (χ0n) is 20.5. The second-order valence-corrected chi connectivity index (χ2v) is 9.67. The van der Waals surface area contributed by atoms with Gasteiger partial charge in [0.2, 0.25) is 0 Å². The molecule has 1 atom stereocenters. The van der Waals surface area contributed by atoms with Crippen molar-refractivity contribution in [3.05, 3.63) is 60.4 Å². The number of carbonyl (C=O) groups is 2. The molecule has 0 radical (unpaired) electrons. The molecule has 38 heavy (non-hydrogen) atoms. The van der Waals surface area contributed by atoms with Gasteiger partial charge in [-0.1, -0.05) is 24.3 Å². The van der Waals surface area contributed by atoms with E-state index in [9.17, 15) is 18.9 Å². The second-order valence-electron chi connectivity index (χ2n) is 8.18. The third-order valence-electron chi connectivity index (χ3n) is 5.50. The average Bonchev–Trinajstić information content (AvgIpc) is 2.91. The van der Waals surface area contributed by atoms with E-state index < -0.39 is 22.9 Å². The van der Waals surface area contributed by atoms with Crippen molar-refractivity contribution in [1.82, 2.24) is 19.6 Å². The molecule has 2 aliphatic heterocycles. The predicted octanol–water partition coefficient (Wildman–Crippen LogP) is 1.39. The van der Waals surface area contributed by atoms with Gasteiger partial charge in [-0.3, -0.25) is 9.59 Å². The minimum atomic E-state index is -1.70. The second kappa shape index (κ2) is 13.1. The highest BCUT2D eigenvalue weighted by molar-refractivity contribution is 7.82. The van der Waals surface area contributed by atoms with E-state index in [0.29, 0.717) is 53.9 Å². The van der Waals surface area contributed by atoms with Crippen molar-refractivity contribution in [3.8, 4) is 17.0 Å². The molecular formula is C25H28N6O6S. The van der Waals surface area contributed by atoms with Gasteiger partial charge in [-0.25, -0.2) is 18.5 Å². The number of nitrogen functional groups attached to an aromatic ring is 1. The number of aliphatic carboxylic acids is 1. The first-order valence-corrected chi connectivity index (χ1v) is 13.0. The molecule has 0 aliphatic carbocycles. The summed E-state index contributed by atoms with van der Waals surface area (Å²) < 4.78 is 25.8. The van der Waals surface area contributed by atoms with Crippen LogP contribution in [0.1, 0.15) is 10.5 Å². The van der Waals surface area contributed by atoms with E-state index in [1.54, 1.807) is 48.5 Å². The van der Waals surface area contributed by atoms with Crippen molar-refractivity contribution in [2.75, 3.05) is 57.1 Å². The Kier molecular flexibility index (Phi) is 9.32. The number of carbonyl (C=O) groups excluding carboxylic acids is 1. The smallest absolute Gasteiger partial charge is 0.318 e. The number of amides is 1. The molecule has 0 saturated carbocycles. The minimum absolute atomic E-state index is 0.0387. The molecule has 1 aromatic heterocycles. The fourth-order valence-corrected chi connectivity index (χ4v) is 4.78. The molecule has 3 heterocycles. The van der Waals surface area contributed by atoms with Crippen molar-refractivity contribution in [3.63, 3.8) is 0 Å². The van der Waals surface area contributed by atoms with Crippen molar-refractivity contribution in [1.29, 1.82) is 0 Å². The Morgan fingerprint density at radius 1 is 1.11 bits per heavy atom.